The van der Waals surface area contributed by atoms with Gasteiger partial charge in [-0.1, -0.05) is 47.6 Å². The Kier molecular flexibility index (Phi) is 6.14. The van der Waals surface area contributed by atoms with Gasteiger partial charge in [-0.25, -0.2) is 0 Å². The molecule has 3 aromatic rings. The molecule has 0 radical (unpaired) electrons. The lowest BCUT2D eigenvalue weighted by molar-refractivity contribution is -0.137. The first-order chi connectivity index (χ1) is 13.3. The maximum Gasteiger partial charge on any atom is 0.416 e. The van der Waals surface area contributed by atoms with Gasteiger partial charge in [-0.3, -0.25) is 4.90 Å². The Morgan fingerprint density at radius 1 is 1.07 bits per heavy atom. The van der Waals surface area contributed by atoms with Crippen molar-refractivity contribution in [1.29, 1.82) is 0 Å². The van der Waals surface area contributed by atoms with Gasteiger partial charge >= 0.3 is 6.18 Å². The average Bonchev–Trinajstić information content (AvgIpc) is 3.16. The van der Waals surface area contributed by atoms with Crippen LogP contribution in [0, 0.1) is 0 Å². The highest BCUT2D eigenvalue weighted by molar-refractivity contribution is 5.55. The predicted molar refractivity (Wildman–Crippen MR) is 101 cm³/mol. The number of hydrogen-bond acceptors (Lipinski definition) is 4. The van der Waals surface area contributed by atoms with Gasteiger partial charge in [-0.05, 0) is 44.6 Å². The first kappa shape index (κ1) is 20.1. The third-order valence-electron chi connectivity index (χ3n) is 4.76. The van der Waals surface area contributed by atoms with E-state index in [0.717, 1.165) is 25.1 Å². The van der Waals surface area contributed by atoms with E-state index < -0.39 is 11.7 Å². The lowest BCUT2D eigenvalue weighted by atomic mass is 10.1. The number of rotatable bonds is 7. The topological polar surface area (TPSA) is 42.2 Å². The average molecular weight is 389 g/mol. The van der Waals surface area contributed by atoms with E-state index in [9.17, 15) is 13.2 Å². The minimum Gasteiger partial charge on any atom is -0.339 e. The van der Waals surface area contributed by atoms with Crippen LogP contribution in [0.15, 0.2) is 59.1 Å². The van der Waals surface area contributed by atoms with Crippen molar-refractivity contribution in [3.8, 4) is 11.4 Å². The summed E-state index contributed by atoms with van der Waals surface area (Å²) in [6, 6.07) is 15.4. The van der Waals surface area contributed by atoms with Gasteiger partial charge in [0.1, 0.15) is 0 Å². The Morgan fingerprint density at radius 3 is 2.54 bits per heavy atom. The third kappa shape index (κ3) is 4.98. The molecule has 0 saturated carbocycles. The van der Waals surface area contributed by atoms with Crippen molar-refractivity contribution < 1.29 is 17.7 Å². The van der Waals surface area contributed by atoms with E-state index in [0.29, 0.717) is 17.9 Å². The van der Waals surface area contributed by atoms with E-state index >= 15 is 0 Å². The van der Waals surface area contributed by atoms with Crippen molar-refractivity contribution in [3.63, 3.8) is 0 Å². The molecular formula is C21H22F3N3O. The molecule has 2 aromatic carbocycles. The molecule has 1 atom stereocenters. The Balaban J connectivity index is 1.57. The molecule has 4 nitrogen and oxygen atoms in total. The van der Waals surface area contributed by atoms with Crippen LogP contribution in [0.2, 0.25) is 0 Å². The molecule has 148 valence electrons. The quantitative estimate of drug-likeness (QED) is 0.544. The zero-order chi connectivity index (χ0) is 20.1. The normalized spacial score (nSPS) is 13.1. The molecule has 1 aromatic heterocycles. The molecule has 0 aliphatic carbocycles. The van der Waals surface area contributed by atoms with Crippen LogP contribution < -0.4 is 0 Å². The highest BCUT2D eigenvalue weighted by Gasteiger charge is 2.30. The van der Waals surface area contributed by atoms with Crippen LogP contribution >= 0.6 is 0 Å². The number of hydrogen-bond donors (Lipinski definition) is 0. The molecule has 0 spiro atoms. The second kappa shape index (κ2) is 8.56. The van der Waals surface area contributed by atoms with Crippen molar-refractivity contribution >= 4 is 0 Å². The summed E-state index contributed by atoms with van der Waals surface area (Å²) in [6.45, 7) is 2.98. The summed E-state index contributed by atoms with van der Waals surface area (Å²) in [4.78, 5) is 6.48. The molecule has 1 heterocycles. The van der Waals surface area contributed by atoms with Crippen molar-refractivity contribution in [2.45, 2.75) is 32.0 Å². The predicted octanol–water partition coefficient (Wildman–Crippen LogP) is 5.38. The van der Waals surface area contributed by atoms with Crippen molar-refractivity contribution in [2.24, 2.45) is 0 Å². The van der Waals surface area contributed by atoms with Gasteiger partial charge in [0, 0.05) is 18.0 Å². The monoisotopic (exact) mass is 389 g/mol. The maximum atomic E-state index is 12.8. The Labute approximate surface area is 162 Å². The van der Waals surface area contributed by atoms with Gasteiger partial charge in [-0.15, -0.1) is 0 Å². The van der Waals surface area contributed by atoms with Gasteiger partial charge in [0.2, 0.25) is 11.7 Å². The number of benzene rings is 2. The summed E-state index contributed by atoms with van der Waals surface area (Å²) < 4.78 is 43.8. The Bertz CT molecular complexity index is 893. The molecule has 1 unspecified atom stereocenters. The first-order valence-corrected chi connectivity index (χ1v) is 9.10. The largest absolute Gasteiger partial charge is 0.416 e. The fraction of sp³-hybridized carbons (Fsp3) is 0.333. The summed E-state index contributed by atoms with van der Waals surface area (Å²) in [6.07, 6.45) is -3.03. The summed E-state index contributed by atoms with van der Waals surface area (Å²) in [7, 11) is 2.06. The molecule has 0 aliphatic heterocycles. The number of halogens is 3. The molecule has 0 amide bonds. The van der Waals surface area contributed by atoms with E-state index in [1.54, 1.807) is 6.07 Å². The summed E-state index contributed by atoms with van der Waals surface area (Å²) in [5, 5.41) is 3.82. The summed E-state index contributed by atoms with van der Waals surface area (Å²) in [5.74, 6) is 0.597. The van der Waals surface area contributed by atoms with Crippen molar-refractivity contribution in [1.82, 2.24) is 15.0 Å². The molecular weight excluding hydrogens is 367 g/mol. The summed E-state index contributed by atoms with van der Waals surface area (Å²) in [5.41, 5.74) is 0.808. The number of aromatic nitrogens is 2. The van der Waals surface area contributed by atoms with Crippen molar-refractivity contribution in [2.75, 3.05) is 13.6 Å². The van der Waals surface area contributed by atoms with Crippen LogP contribution in [0.1, 0.15) is 36.4 Å². The second-order valence-corrected chi connectivity index (χ2v) is 6.76. The highest BCUT2D eigenvalue weighted by atomic mass is 19.4. The fourth-order valence-electron chi connectivity index (χ4n) is 2.97. The lowest BCUT2D eigenvalue weighted by Crippen LogP contribution is -2.23. The number of alkyl halides is 3. The van der Waals surface area contributed by atoms with Crippen LogP contribution in [-0.4, -0.2) is 28.6 Å². The molecule has 0 saturated heterocycles. The third-order valence-corrected chi connectivity index (χ3v) is 4.76. The number of aryl methyl sites for hydroxylation is 1. The van der Waals surface area contributed by atoms with E-state index in [4.69, 9.17) is 4.52 Å². The molecule has 0 fully saturated rings. The molecule has 0 N–H and O–H groups in total. The van der Waals surface area contributed by atoms with Gasteiger partial charge in [0.15, 0.2) is 0 Å². The van der Waals surface area contributed by atoms with E-state index in [-0.39, 0.29) is 11.9 Å². The van der Waals surface area contributed by atoms with Crippen LogP contribution in [0.5, 0.6) is 0 Å². The van der Waals surface area contributed by atoms with E-state index in [1.807, 2.05) is 18.2 Å². The molecule has 28 heavy (non-hydrogen) atoms. The second-order valence-electron chi connectivity index (χ2n) is 6.76. The molecule has 7 heteroatoms. The highest BCUT2D eigenvalue weighted by Crippen LogP contribution is 2.31. The minimum absolute atomic E-state index is 0.173. The smallest absolute Gasteiger partial charge is 0.339 e. The molecule has 3 rings (SSSR count). The Hall–Kier alpha value is -2.67. The number of nitrogens with zero attached hydrogens (tertiary/aromatic N) is 3. The lowest BCUT2D eigenvalue weighted by Gasteiger charge is -2.24. The van der Waals surface area contributed by atoms with Crippen LogP contribution in [0.25, 0.3) is 11.4 Å². The first-order valence-electron chi connectivity index (χ1n) is 9.10. The minimum atomic E-state index is -4.40. The van der Waals surface area contributed by atoms with Crippen molar-refractivity contribution in [3.05, 3.63) is 71.6 Å². The molecule has 0 bridgehead atoms. The standard InChI is InChI=1S/C21H22F3N3O/c1-15(16-8-4-3-5-9-16)27(2)13-7-12-19-25-20(26-28-19)17-10-6-11-18(14-17)21(22,23)24/h3-6,8-11,14-15H,7,12-13H2,1-2H3. The maximum absolute atomic E-state index is 12.8. The van der Waals surface area contributed by atoms with Crippen LogP contribution in [0.3, 0.4) is 0 Å². The zero-order valence-corrected chi connectivity index (χ0v) is 15.8. The van der Waals surface area contributed by atoms with Gasteiger partial charge in [-0.2, -0.15) is 18.2 Å². The van der Waals surface area contributed by atoms with E-state index in [1.165, 1.54) is 11.6 Å². The van der Waals surface area contributed by atoms with Crippen LogP contribution in [-0.2, 0) is 12.6 Å². The fourth-order valence-corrected chi connectivity index (χ4v) is 2.97. The molecule has 0 aliphatic rings. The zero-order valence-electron chi connectivity index (χ0n) is 15.8. The van der Waals surface area contributed by atoms with E-state index in [2.05, 4.69) is 41.1 Å². The van der Waals surface area contributed by atoms with Gasteiger partial charge in [0.25, 0.3) is 0 Å². The summed E-state index contributed by atoms with van der Waals surface area (Å²) >= 11 is 0. The van der Waals surface area contributed by atoms with Crippen LogP contribution in [0.4, 0.5) is 13.2 Å². The van der Waals surface area contributed by atoms with Gasteiger partial charge in [0.05, 0.1) is 5.56 Å². The van der Waals surface area contributed by atoms with Gasteiger partial charge < -0.3 is 4.52 Å². The Morgan fingerprint density at radius 2 is 1.82 bits per heavy atom. The SMILES string of the molecule is CC(c1ccccc1)N(C)CCCc1nc(-c2cccc(C(F)(F)F)c2)no1.